The fourth-order valence-corrected chi connectivity index (χ4v) is 17.0. The molecule has 5 saturated carbocycles. The van der Waals surface area contributed by atoms with Gasteiger partial charge < -0.3 is 109 Å². The van der Waals surface area contributed by atoms with Gasteiger partial charge in [0.15, 0.2) is 25.2 Å². The maximum atomic E-state index is 12.9. The molecule has 75 heavy (non-hydrogen) atoms. The second kappa shape index (κ2) is 21.6. The Morgan fingerprint density at radius 2 is 1.16 bits per heavy atom. The third-order valence-corrected chi connectivity index (χ3v) is 21.0. The van der Waals surface area contributed by atoms with Gasteiger partial charge in [-0.15, -0.1) is 0 Å². The van der Waals surface area contributed by atoms with Gasteiger partial charge in [0.2, 0.25) is 0 Å². The number of aliphatic hydroxyl groups excluding tert-OH is 14. The van der Waals surface area contributed by atoms with Gasteiger partial charge in [-0.1, -0.05) is 46.3 Å². The molecule has 2 spiro atoms. The van der Waals surface area contributed by atoms with Crippen molar-refractivity contribution in [2.24, 2.45) is 50.7 Å². The monoisotopic (exact) mass is 1080 g/mol. The first-order valence-electron chi connectivity index (χ1n) is 27.4. The number of aliphatic hydroxyl groups is 14. The molecular weight excluding hydrogens is 989 g/mol. The second-order valence-electron chi connectivity index (χ2n) is 25.4. The molecule has 30 atom stereocenters. The normalized spacial score (nSPS) is 54.7. The maximum Gasteiger partial charge on any atom is 0.187 e. The van der Waals surface area contributed by atoms with E-state index in [-0.39, 0.29) is 52.6 Å². The molecule has 0 radical (unpaired) electrons. The van der Waals surface area contributed by atoms with Crippen LogP contribution < -0.4 is 0 Å². The Hall–Kier alpha value is -1.14. The summed E-state index contributed by atoms with van der Waals surface area (Å²) in [5.41, 5.74) is -0.766. The lowest BCUT2D eigenvalue weighted by Crippen LogP contribution is -2.67. The van der Waals surface area contributed by atoms with Crippen LogP contribution in [-0.4, -0.2) is 233 Å². The lowest BCUT2D eigenvalue weighted by molar-refractivity contribution is -0.391. The molecule has 0 aromatic rings. The van der Waals surface area contributed by atoms with Gasteiger partial charge in [0.25, 0.3) is 0 Å². The Morgan fingerprint density at radius 3 is 1.80 bits per heavy atom. The van der Waals surface area contributed by atoms with Crippen LogP contribution in [0.3, 0.4) is 0 Å². The molecule has 4 aliphatic heterocycles. The summed E-state index contributed by atoms with van der Waals surface area (Å²) in [5.74, 6) is 0.270. The zero-order valence-electron chi connectivity index (χ0n) is 44.3. The van der Waals surface area contributed by atoms with Crippen molar-refractivity contribution in [3.63, 3.8) is 0 Å². The Morgan fingerprint density at radius 1 is 0.587 bits per heavy atom. The Labute approximate surface area is 438 Å². The number of rotatable bonds is 15. The molecule has 9 rings (SSSR count). The molecule has 22 heteroatoms. The molecule has 5 aliphatic carbocycles. The summed E-state index contributed by atoms with van der Waals surface area (Å²) in [7, 11) is 0. The van der Waals surface area contributed by atoms with Crippen LogP contribution in [0.5, 0.6) is 0 Å². The molecule has 14 N–H and O–H groups in total. The summed E-state index contributed by atoms with van der Waals surface area (Å²) in [5, 5.41) is 152. The third kappa shape index (κ3) is 9.44. The average Bonchev–Trinajstić information content (AvgIpc) is 4.01. The maximum absolute atomic E-state index is 12.9. The highest BCUT2D eigenvalue weighted by Gasteiger charge is 2.86. The van der Waals surface area contributed by atoms with Crippen molar-refractivity contribution in [2.75, 3.05) is 26.4 Å². The van der Waals surface area contributed by atoms with Crippen LogP contribution in [0.2, 0.25) is 0 Å². The summed E-state index contributed by atoms with van der Waals surface area (Å²) < 4.78 is 48.9. The lowest BCUT2D eigenvalue weighted by Gasteiger charge is -2.64. The summed E-state index contributed by atoms with van der Waals surface area (Å²) in [6.45, 7) is 12.8. The minimum Gasteiger partial charge on any atom is -0.394 e. The second-order valence-corrected chi connectivity index (χ2v) is 25.4. The standard InChI is InChI=1S/C53H88O22/c1-22(2)9-8-10-23(3)33-25(69-45-40(65)34(59)24(57)20-68-45)15-50(6)30-12-11-29-49(4,5)32(13-14-52(29)21-53(30,52)31(58)16-51(33,50)7)73-48-44(39(64)36(61)27(18-55)72-48)75-47-42(67)43(37(62)28(19-56)71-47)74-46-41(66)38(63)35(60)26(17-54)70-46/h9,23-48,54-67H,8,10-21H2,1-7H3. The molecule has 0 aromatic carbocycles. The highest BCUT2D eigenvalue weighted by molar-refractivity contribution is 5.34. The molecule has 4 saturated heterocycles. The van der Waals surface area contributed by atoms with Gasteiger partial charge in [-0.2, -0.15) is 0 Å². The first-order valence-corrected chi connectivity index (χ1v) is 27.4. The molecule has 22 nitrogen and oxygen atoms in total. The van der Waals surface area contributed by atoms with E-state index in [9.17, 15) is 71.5 Å². The third-order valence-electron chi connectivity index (χ3n) is 21.0. The van der Waals surface area contributed by atoms with E-state index < -0.39 is 160 Å². The van der Waals surface area contributed by atoms with Gasteiger partial charge in [0.05, 0.1) is 44.7 Å². The van der Waals surface area contributed by atoms with Crippen LogP contribution in [-0.2, 0) is 37.9 Å². The first kappa shape index (κ1) is 58.5. The molecule has 9 aliphatic rings. The van der Waals surface area contributed by atoms with Crippen LogP contribution in [0.25, 0.3) is 0 Å². The van der Waals surface area contributed by atoms with Crippen LogP contribution in [0, 0.1) is 50.7 Å². The van der Waals surface area contributed by atoms with Crippen LogP contribution >= 0.6 is 0 Å². The van der Waals surface area contributed by atoms with E-state index in [0.29, 0.717) is 25.7 Å². The largest absolute Gasteiger partial charge is 0.394 e. The molecule has 4 heterocycles. The van der Waals surface area contributed by atoms with Gasteiger partial charge in [-0.05, 0) is 117 Å². The SMILES string of the molecule is CC(C)=CCCC(C)C1C(OC2OCC(O)C(O)C2O)CC2(C)C3CCC4C(C)(C)C(OC5OC(CO)C(O)C(O)C5OC5OC(CO)C(O)C(OC6OC(CO)C(O)C(O)C6O)C5O)CCC45CC35C(O)CC12C. The smallest absolute Gasteiger partial charge is 0.187 e. The number of ether oxygens (including phenoxy) is 8. The molecule has 0 aromatic heterocycles. The molecule has 9 fully saturated rings. The van der Waals surface area contributed by atoms with Gasteiger partial charge >= 0.3 is 0 Å². The predicted octanol–water partition coefficient (Wildman–Crippen LogP) is -1.95. The van der Waals surface area contributed by atoms with Gasteiger partial charge in [-0.3, -0.25) is 0 Å². The van der Waals surface area contributed by atoms with E-state index in [0.717, 1.165) is 32.1 Å². The van der Waals surface area contributed by atoms with E-state index in [1.165, 1.54) is 5.57 Å². The van der Waals surface area contributed by atoms with Crippen molar-refractivity contribution in [3.05, 3.63) is 11.6 Å². The van der Waals surface area contributed by atoms with Gasteiger partial charge in [-0.25, -0.2) is 0 Å². The zero-order valence-corrected chi connectivity index (χ0v) is 44.3. The van der Waals surface area contributed by atoms with Crippen molar-refractivity contribution < 1.29 is 109 Å². The predicted molar refractivity (Wildman–Crippen MR) is 258 cm³/mol. The number of hydrogen-bond acceptors (Lipinski definition) is 22. The Bertz CT molecular complexity index is 1990. The number of fused-ring (bicyclic) bond motifs is 2. The van der Waals surface area contributed by atoms with Crippen molar-refractivity contribution in [2.45, 2.75) is 241 Å². The van der Waals surface area contributed by atoms with E-state index in [1.54, 1.807) is 0 Å². The zero-order chi connectivity index (χ0) is 54.6. The van der Waals surface area contributed by atoms with Crippen molar-refractivity contribution in [1.29, 1.82) is 0 Å². The Balaban J connectivity index is 0.950. The molecule has 30 unspecified atom stereocenters. The van der Waals surface area contributed by atoms with Gasteiger partial charge in [0.1, 0.15) is 91.6 Å². The number of hydrogen-bond donors (Lipinski definition) is 14. The number of allylic oxidation sites excluding steroid dienone is 2. The highest BCUT2D eigenvalue weighted by atomic mass is 16.8. The fourth-order valence-electron chi connectivity index (χ4n) is 17.0. The van der Waals surface area contributed by atoms with Crippen LogP contribution in [0.1, 0.15) is 106 Å². The molecular formula is C53H88O22. The minimum absolute atomic E-state index is 0.0318. The molecule has 432 valence electrons. The average molecular weight is 1080 g/mol. The van der Waals surface area contributed by atoms with Crippen molar-refractivity contribution in [3.8, 4) is 0 Å². The highest BCUT2D eigenvalue weighted by Crippen LogP contribution is 2.89. The van der Waals surface area contributed by atoms with E-state index >= 15 is 0 Å². The summed E-state index contributed by atoms with van der Waals surface area (Å²) in [4.78, 5) is 0. The molecule has 0 bridgehead atoms. The van der Waals surface area contributed by atoms with Crippen LogP contribution in [0.4, 0.5) is 0 Å². The van der Waals surface area contributed by atoms with Gasteiger partial charge in [0, 0.05) is 5.41 Å². The first-order chi connectivity index (χ1) is 35.3. The van der Waals surface area contributed by atoms with Crippen molar-refractivity contribution >= 4 is 0 Å². The quantitative estimate of drug-likeness (QED) is 0.0626. The van der Waals surface area contributed by atoms with Crippen LogP contribution in [0.15, 0.2) is 11.6 Å². The lowest BCUT2D eigenvalue weighted by atomic mass is 9.41. The fraction of sp³-hybridized carbons (Fsp3) is 0.962. The summed E-state index contributed by atoms with van der Waals surface area (Å²) in [6.07, 6.45) is -23.6. The topological polar surface area (TPSA) is 357 Å². The minimum atomic E-state index is -1.97. The summed E-state index contributed by atoms with van der Waals surface area (Å²) >= 11 is 0. The Kier molecular flexibility index (Phi) is 16.9. The van der Waals surface area contributed by atoms with E-state index in [2.05, 4.69) is 54.5 Å². The summed E-state index contributed by atoms with van der Waals surface area (Å²) in [6, 6.07) is 0. The van der Waals surface area contributed by atoms with E-state index in [1.807, 2.05) is 0 Å². The molecule has 0 amide bonds. The van der Waals surface area contributed by atoms with E-state index in [4.69, 9.17) is 37.9 Å². The van der Waals surface area contributed by atoms with Crippen molar-refractivity contribution in [1.82, 2.24) is 0 Å².